The molecule has 1 N–H and O–H groups in total. The Morgan fingerprint density at radius 3 is 2.73 bits per heavy atom. The summed E-state index contributed by atoms with van der Waals surface area (Å²) in [5.41, 5.74) is 2.67. The molecule has 0 saturated heterocycles. The largest absolute Gasteiger partial charge is 0.481 e. The predicted molar refractivity (Wildman–Crippen MR) is 87.4 cm³/mol. The van der Waals surface area contributed by atoms with Crippen molar-refractivity contribution in [1.29, 1.82) is 0 Å². The molecule has 0 aliphatic heterocycles. The zero-order valence-electron chi connectivity index (χ0n) is 13.9. The van der Waals surface area contributed by atoms with Crippen LogP contribution in [-0.4, -0.2) is 11.1 Å². The van der Waals surface area contributed by atoms with Gasteiger partial charge in [0.15, 0.2) is 0 Å². The first kappa shape index (κ1) is 14.5. The van der Waals surface area contributed by atoms with E-state index in [0.717, 1.165) is 37.5 Å². The van der Waals surface area contributed by atoms with E-state index in [0.29, 0.717) is 11.8 Å². The van der Waals surface area contributed by atoms with Gasteiger partial charge in [-0.05, 0) is 74.5 Å². The lowest BCUT2D eigenvalue weighted by Gasteiger charge is -2.60. The summed E-state index contributed by atoms with van der Waals surface area (Å²) < 4.78 is 0. The van der Waals surface area contributed by atoms with Gasteiger partial charge in [0.25, 0.3) is 0 Å². The number of carboxylic acids is 1. The van der Waals surface area contributed by atoms with Crippen LogP contribution in [0.5, 0.6) is 0 Å². The van der Waals surface area contributed by atoms with Crippen LogP contribution in [0, 0.1) is 34.5 Å². The number of hydrogen-bond donors (Lipinski definition) is 1. The van der Waals surface area contributed by atoms with Crippen molar-refractivity contribution in [3.05, 3.63) is 23.8 Å². The number of allylic oxidation sites excluding steroid dienone is 3. The monoisotopic (exact) mass is 300 g/mol. The Balaban J connectivity index is 1.73. The third-order valence-corrected chi connectivity index (χ3v) is 7.89. The molecule has 22 heavy (non-hydrogen) atoms. The first-order valence-corrected chi connectivity index (χ1v) is 8.99. The van der Waals surface area contributed by atoms with E-state index in [2.05, 4.69) is 19.6 Å². The summed E-state index contributed by atoms with van der Waals surface area (Å²) in [5, 5.41) is 9.86. The second-order valence-electron chi connectivity index (χ2n) is 8.76. The molecule has 0 heterocycles. The summed E-state index contributed by atoms with van der Waals surface area (Å²) in [6.45, 7) is 8.61. The standard InChI is InChI=1S/C20H28O2/c1-12-11-15-13(12)5-7-16-14(15)6-8-17-19(16,2)9-4-10-20(17,3)18(21)22/h7,13-15,17H,1,4-6,8-11H2,2-3H3,(H,21,22)/t13-,14-,15+,17+,19+,20-/m1/s1. The van der Waals surface area contributed by atoms with Crippen LogP contribution in [0.4, 0.5) is 0 Å². The van der Waals surface area contributed by atoms with Crippen LogP contribution >= 0.6 is 0 Å². The van der Waals surface area contributed by atoms with Crippen LogP contribution in [0.25, 0.3) is 0 Å². The Kier molecular flexibility index (Phi) is 2.97. The molecule has 6 atom stereocenters. The van der Waals surface area contributed by atoms with Gasteiger partial charge in [0.05, 0.1) is 5.41 Å². The highest BCUT2D eigenvalue weighted by molar-refractivity contribution is 5.75. The zero-order chi connectivity index (χ0) is 15.7. The maximum absolute atomic E-state index is 12.0. The van der Waals surface area contributed by atoms with Crippen LogP contribution in [0.2, 0.25) is 0 Å². The van der Waals surface area contributed by atoms with Gasteiger partial charge in [0.1, 0.15) is 0 Å². The van der Waals surface area contributed by atoms with E-state index in [1.54, 1.807) is 5.57 Å². The van der Waals surface area contributed by atoms with Crippen LogP contribution in [0.3, 0.4) is 0 Å². The van der Waals surface area contributed by atoms with Crippen molar-refractivity contribution in [3.63, 3.8) is 0 Å². The average Bonchev–Trinajstić information content (AvgIpc) is 2.45. The second-order valence-corrected chi connectivity index (χ2v) is 8.76. The topological polar surface area (TPSA) is 37.3 Å². The fourth-order valence-electron chi connectivity index (χ4n) is 6.62. The van der Waals surface area contributed by atoms with E-state index in [-0.39, 0.29) is 5.41 Å². The molecule has 4 rings (SSSR count). The number of carboxylic acid groups (broad SMARTS) is 1. The van der Waals surface area contributed by atoms with Gasteiger partial charge in [-0.3, -0.25) is 4.79 Å². The SMILES string of the molecule is C=C1C[C@H]2[C@@H]1CC=C1[C@@H]2CC[C@@H]2[C@](C)(C(=O)O)CCC[C@@]12C. The lowest BCUT2D eigenvalue weighted by atomic mass is 9.43. The maximum atomic E-state index is 12.0. The first-order valence-electron chi connectivity index (χ1n) is 8.99. The van der Waals surface area contributed by atoms with E-state index in [1.165, 1.54) is 24.8 Å². The first-order chi connectivity index (χ1) is 10.4. The van der Waals surface area contributed by atoms with E-state index in [1.807, 2.05) is 6.92 Å². The van der Waals surface area contributed by atoms with Gasteiger partial charge in [-0.1, -0.05) is 37.1 Å². The van der Waals surface area contributed by atoms with Crippen molar-refractivity contribution in [2.75, 3.05) is 0 Å². The minimum Gasteiger partial charge on any atom is -0.481 e. The van der Waals surface area contributed by atoms with Gasteiger partial charge >= 0.3 is 5.97 Å². The number of aliphatic carboxylic acids is 1. The van der Waals surface area contributed by atoms with E-state index in [4.69, 9.17) is 0 Å². The Morgan fingerprint density at radius 1 is 1.27 bits per heavy atom. The van der Waals surface area contributed by atoms with Crippen molar-refractivity contribution in [3.8, 4) is 0 Å². The lowest BCUT2D eigenvalue weighted by molar-refractivity contribution is -0.161. The van der Waals surface area contributed by atoms with E-state index < -0.39 is 11.4 Å². The fraction of sp³-hybridized carbons (Fsp3) is 0.750. The smallest absolute Gasteiger partial charge is 0.309 e. The van der Waals surface area contributed by atoms with Crippen LogP contribution < -0.4 is 0 Å². The number of rotatable bonds is 1. The molecule has 0 aromatic rings. The van der Waals surface area contributed by atoms with Crippen LogP contribution in [0.1, 0.15) is 58.8 Å². The molecular weight excluding hydrogens is 272 g/mol. The molecule has 0 radical (unpaired) electrons. The highest BCUT2D eigenvalue weighted by Gasteiger charge is 2.59. The van der Waals surface area contributed by atoms with Gasteiger partial charge in [0, 0.05) is 0 Å². The maximum Gasteiger partial charge on any atom is 0.309 e. The Morgan fingerprint density at radius 2 is 2.05 bits per heavy atom. The third kappa shape index (κ3) is 1.64. The minimum atomic E-state index is -0.576. The summed E-state index contributed by atoms with van der Waals surface area (Å²) in [6, 6.07) is 0. The third-order valence-electron chi connectivity index (χ3n) is 7.89. The fourth-order valence-corrected chi connectivity index (χ4v) is 6.62. The Labute approximate surface area is 133 Å². The molecule has 2 heteroatoms. The van der Waals surface area contributed by atoms with Crippen molar-refractivity contribution >= 4 is 5.97 Å². The normalized spacial score (nSPS) is 50.1. The molecule has 0 spiro atoms. The molecule has 0 aromatic carbocycles. The van der Waals surface area contributed by atoms with Gasteiger partial charge in [-0.25, -0.2) is 0 Å². The lowest BCUT2D eigenvalue weighted by Crippen LogP contribution is -2.54. The summed E-state index contributed by atoms with van der Waals surface area (Å²) in [7, 11) is 0. The van der Waals surface area contributed by atoms with Gasteiger partial charge in [0.2, 0.25) is 0 Å². The van der Waals surface area contributed by atoms with Gasteiger partial charge in [-0.2, -0.15) is 0 Å². The van der Waals surface area contributed by atoms with E-state index >= 15 is 0 Å². The van der Waals surface area contributed by atoms with Crippen LogP contribution in [-0.2, 0) is 4.79 Å². The highest BCUT2D eigenvalue weighted by atomic mass is 16.4. The quantitative estimate of drug-likeness (QED) is 0.705. The van der Waals surface area contributed by atoms with Gasteiger partial charge < -0.3 is 5.11 Å². The summed E-state index contributed by atoms with van der Waals surface area (Å²) in [4.78, 5) is 12.0. The molecule has 0 unspecified atom stereocenters. The Hall–Kier alpha value is -1.05. The van der Waals surface area contributed by atoms with Crippen LogP contribution in [0.15, 0.2) is 23.8 Å². The molecule has 120 valence electrons. The molecule has 0 aromatic heterocycles. The number of hydrogen-bond acceptors (Lipinski definition) is 1. The van der Waals surface area contributed by atoms with E-state index in [9.17, 15) is 9.90 Å². The van der Waals surface area contributed by atoms with Gasteiger partial charge in [-0.15, -0.1) is 0 Å². The van der Waals surface area contributed by atoms with Crippen molar-refractivity contribution in [2.24, 2.45) is 34.5 Å². The van der Waals surface area contributed by atoms with Crippen molar-refractivity contribution in [1.82, 2.24) is 0 Å². The molecule has 3 saturated carbocycles. The van der Waals surface area contributed by atoms with Crippen molar-refractivity contribution < 1.29 is 9.90 Å². The zero-order valence-corrected chi connectivity index (χ0v) is 13.9. The molecular formula is C20H28O2. The summed E-state index contributed by atoms with van der Waals surface area (Å²) in [5.74, 6) is 1.98. The molecule has 0 amide bonds. The Bertz CT molecular complexity index is 574. The molecule has 4 aliphatic carbocycles. The summed E-state index contributed by atoms with van der Waals surface area (Å²) in [6.07, 6.45) is 10.2. The predicted octanol–water partition coefficient (Wildman–Crippen LogP) is 4.82. The number of fused-ring (bicyclic) bond motifs is 5. The second kappa shape index (κ2) is 4.49. The molecule has 2 nitrogen and oxygen atoms in total. The molecule has 3 fully saturated rings. The number of carbonyl (C=O) groups is 1. The average molecular weight is 300 g/mol. The molecule has 0 bridgehead atoms. The minimum absolute atomic E-state index is 0.121. The molecule has 4 aliphatic rings. The van der Waals surface area contributed by atoms with Crippen molar-refractivity contribution in [2.45, 2.75) is 58.8 Å². The summed E-state index contributed by atoms with van der Waals surface area (Å²) >= 11 is 0. The highest BCUT2D eigenvalue weighted by Crippen LogP contribution is 2.66.